The molecule has 1 amide bonds. The predicted molar refractivity (Wildman–Crippen MR) is 56.4 cm³/mol. The minimum absolute atomic E-state index is 0.0554. The van der Waals surface area contributed by atoms with Crippen molar-refractivity contribution in [3.63, 3.8) is 0 Å². The standard InChI is InChI=1S/C11H19NO3/c1-8(9-6-7-9)12-10(13)4-2-3-5-11(14)15/h8-9H,2-7H2,1H3,(H,12,13)(H,14,15). The zero-order valence-corrected chi connectivity index (χ0v) is 9.16. The van der Waals surface area contributed by atoms with Crippen LogP contribution in [0.5, 0.6) is 0 Å². The number of carbonyl (C=O) groups excluding carboxylic acids is 1. The Kier molecular flexibility index (Phi) is 4.59. The van der Waals surface area contributed by atoms with Gasteiger partial charge in [-0.15, -0.1) is 0 Å². The van der Waals surface area contributed by atoms with E-state index in [4.69, 9.17) is 5.11 Å². The molecule has 1 saturated carbocycles. The molecule has 1 atom stereocenters. The first kappa shape index (κ1) is 12.0. The normalized spacial score (nSPS) is 17.1. The van der Waals surface area contributed by atoms with E-state index < -0.39 is 5.97 Å². The van der Waals surface area contributed by atoms with Gasteiger partial charge < -0.3 is 10.4 Å². The van der Waals surface area contributed by atoms with Crippen molar-refractivity contribution >= 4 is 11.9 Å². The third kappa shape index (κ3) is 5.40. The molecular formula is C11H19NO3. The second-order valence-electron chi connectivity index (χ2n) is 4.29. The summed E-state index contributed by atoms with van der Waals surface area (Å²) in [5.74, 6) is -0.0606. The molecule has 4 heteroatoms. The van der Waals surface area contributed by atoms with Crippen LogP contribution in [0.3, 0.4) is 0 Å². The molecule has 4 nitrogen and oxygen atoms in total. The Bertz CT molecular complexity index is 236. The van der Waals surface area contributed by atoms with Crippen molar-refractivity contribution in [2.75, 3.05) is 0 Å². The van der Waals surface area contributed by atoms with Crippen LogP contribution in [0.15, 0.2) is 0 Å². The van der Waals surface area contributed by atoms with Gasteiger partial charge in [0.15, 0.2) is 0 Å². The number of rotatable bonds is 7. The molecule has 1 aliphatic rings. The fourth-order valence-electron chi connectivity index (χ4n) is 1.60. The summed E-state index contributed by atoms with van der Waals surface area (Å²) in [6, 6.07) is 0.289. The van der Waals surface area contributed by atoms with E-state index in [9.17, 15) is 9.59 Å². The first-order chi connectivity index (χ1) is 7.09. The maximum atomic E-state index is 11.4. The van der Waals surface area contributed by atoms with E-state index in [1.54, 1.807) is 0 Å². The van der Waals surface area contributed by atoms with Crippen LogP contribution in [0, 0.1) is 5.92 Å². The summed E-state index contributed by atoms with van der Waals surface area (Å²) in [6.07, 6.45) is 4.30. The highest BCUT2D eigenvalue weighted by Gasteiger charge is 2.28. The minimum Gasteiger partial charge on any atom is -0.481 e. The molecule has 0 bridgehead atoms. The van der Waals surface area contributed by atoms with Gasteiger partial charge in [-0.2, -0.15) is 0 Å². The monoisotopic (exact) mass is 213 g/mol. The van der Waals surface area contributed by atoms with Crippen molar-refractivity contribution in [1.29, 1.82) is 0 Å². The zero-order valence-electron chi connectivity index (χ0n) is 9.16. The van der Waals surface area contributed by atoms with E-state index in [1.807, 2.05) is 6.92 Å². The van der Waals surface area contributed by atoms with Crippen molar-refractivity contribution in [2.45, 2.75) is 51.5 Å². The van der Waals surface area contributed by atoms with Crippen LogP contribution < -0.4 is 5.32 Å². The molecule has 0 spiro atoms. The molecule has 86 valence electrons. The van der Waals surface area contributed by atoms with Crippen LogP contribution in [0.1, 0.15) is 45.4 Å². The van der Waals surface area contributed by atoms with Gasteiger partial charge in [0.2, 0.25) is 5.91 Å². The summed E-state index contributed by atoms with van der Waals surface area (Å²) in [7, 11) is 0. The summed E-state index contributed by atoms with van der Waals surface area (Å²) in [6.45, 7) is 2.03. The molecule has 1 fully saturated rings. The van der Waals surface area contributed by atoms with E-state index in [-0.39, 0.29) is 18.4 Å². The van der Waals surface area contributed by atoms with Gasteiger partial charge in [-0.25, -0.2) is 0 Å². The predicted octanol–water partition coefficient (Wildman–Crippen LogP) is 1.55. The summed E-state index contributed by atoms with van der Waals surface area (Å²) in [5, 5.41) is 11.3. The highest BCUT2D eigenvalue weighted by atomic mass is 16.4. The lowest BCUT2D eigenvalue weighted by Crippen LogP contribution is -2.33. The number of carboxylic acids is 1. The number of aliphatic carboxylic acids is 1. The van der Waals surface area contributed by atoms with Gasteiger partial charge in [0.05, 0.1) is 0 Å². The third-order valence-electron chi connectivity index (χ3n) is 2.76. The van der Waals surface area contributed by atoms with E-state index in [2.05, 4.69) is 5.32 Å². The summed E-state index contributed by atoms with van der Waals surface area (Å²) >= 11 is 0. The van der Waals surface area contributed by atoms with Gasteiger partial charge in [-0.05, 0) is 38.5 Å². The maximum Gasteiger partial charge on any atom is 0.303 e. The summed E-state index contributed by atoms with van der Waals surface area (Å²) in [4.78, 5) is 21.6. The highest BCUT2D eigenvalue weighted by molar-refractivity contribution is 5.76. The number of carboxylic acid groups (broad SMARTS) is 1. The molecule has 1 aliphatic carbocycles. The molecule has 0 aromatic rings. The van der Waals surface area contributed by atoms with Crippen molar-refractivity contribution in [3.8, 4) is 0 Å². The quantitative estimate of drug-likeness (QED) is 0.630. The van der Waals surface area contributed by atoms with Gasteiger partial charge in [0, 0.05) is 18.9 Å². The summed E-state index contributed by atoms with van der Waals surface area (Å²) in [5.41, 5.74) is 0. The Balaban J connectivity index is 2.00. The largest absolute Gasteiger partial charge is 0.481 e. The van der Waals surface area contributed by atoms with Gasteiger partial charge in [-0.1, -0.05) is 0 Å². The molecule has 0 aromatic carbocycles. The SMILES string of the molecule is CC(NC(=O)CCCCC(=O)O)C1CC1. The van der Waals surface area contributed by atoms with Crippen molar-refractivity contribution in [1.82, 2.24) is 5.32 Å². The number of nitrogens with one attached hydrogen (secondary N) is 1. The van der Waals surface area contributed by atoms with Gasteiger partial charge >= 0.3 is 5.97 Å². The van der Waals surface area contributed by atoms with Gasteiger partial charge in [0.25, 0.3) is 0 Å². The first-order valence-electron chi connectivity index (χ1n) is 5.60. The van der Waals surface area contributed by atoms with E-state index in [1.165, 1.54) is 12.8 Å². The molecule has 0 saturated heterocycles. The van der Waals surface area contributed by atoms with E-state index in [0.29, 0.717) is 25.2 Å². The molecule has 1 rings (SSSR count). The molecule has 0 aliphatic heterocycles. The van der Waals surface area contributed by atoms with Crippen molar-refractivity contribution < 1.29 is 14.7 Å². The van der Waals surface area contributed by atoms with E-state index in [0.717, 1.165) is 0 Å². The highest BCUT2D eigenvalue weighted by Crippen LogP contribution is 2.32. The first-order valence-corrected chi connectivity index (χ1v) is 5.60. The number of hydrogen-bond donors (Lipinski definition) is 2. The molecule has 1 unspecified atom stereocenters. The number of unbranched alkanes of at least 4 members (excludes halogenated alkanes) is 1. The molecule has 2 N–H and O–H groups in total. The smallest absolute Gasteiger partial charge is 0.303 e. The average Bonchev–Trinajstić information content (AvgIpc) is 2.94. The lowest BCUT2D eigenvalue weighted by molar-refractivity contribution is -0.137. The molecule has 15 heavy (non-hydrogen) atoms. The molecule has 0 aromatic heterocycles. The molecule has 0 heterocycles. The van der Waals surface area contributed by atoms with Crippen molar-refractivity contribution in [3.05, 3.63) is 0 Å². The topological polar surface area (TPSA) is 66.4 Å². The van der Waals surface area contributed by atoms with Crippen LogP contribution in [0.25, 0.3) is 0 Å². The van der Waals surface area contributed by atoms with Gasteiger partial charge in [-0.3, -0.25) is 9.59 Å². The maximum absolute atomic E-state index is 11.4. The number of carbonyl (C=O) groups is 2. The zero-order chi connectivity index (χ0) is 11.3. The van der Waals surface area contributed by atoms with Crippen molar-refractivity contribution in [2.24, 2.45) is 5.92 Å². The number of amides is 1. The minimum atomic E-state index is -0.790. The van der Waals surface area contributed by atoms with Gasteiger partial charge in [0.1, 0.15) is 0 Å². The lowest BCUT2D eigenvalue weighted by Gasteiger charge is -2.12. The second kappa shape index (κ2) is 5.73. The van der Waals surface area contributed by atoms with Crippen LogP contribution in [0.2, 0.25) is 0 Å². The van der Waals surface area contributed by atoms with Crippen LogP contribution in [0.4, 0.5) is 0 Å². The fourth-order valence-corrected chi connectivity index (χ4v) is 1.60. The Morgan fingerprint density at radius 3 is 2.47 bits per heavy atom. The Morgan fingerprint density at radius 2 is 1.93 bits per heavy atom. The van der Waals surface area contributed by atoms with Crippen LogP contribution in [-0.4, -0.2) is 23.0 Å². The van der Waals surface area contributed by atoms with E-state index >= 15 is 0 Å². The Morgan fingerprint density at radius 1 is 1.33 bits per heavy atom. The lowest BCUT2D eigenvalue weighted by atomic mass is 10.1. The number of hydrogen-bond acceptors (Lipinski definition) is 2. The molecular weight excluding hydrogens is 194 g/mol. The molecule has 0 radical (unpaired) electrons. The third-order valence-corrected chi connectivity index (χ3v) is 2.76. The fraction of sp³-hybridized carbons (Fsp3) is 0.818. The second-order valence-corrected chi connectivity index (χ2v) is 4.29. The average molecular weight is 213 g/mol. The Hall–Kier alpha value is -1.06. The summed E-state index contributed by atoms with van der Waals surface area (Å²) < 4.78 is 0. The Labute approximate surface area is 90.0 Å². The van der Waals surface area contributed by atoms with Crippen LogP contribution >= 0.6 is 0 Å². The van der Waals surface area contributed by atoms with Crippen LogP contribution in [-0.2, 0) is 9.59 Å².